The second-order valence-electron chi connectivity index (χ2n) is 3.71. The second-order valence-corrected chi connectivity index (χ2v) is 3.71. The minimum atomic E-state index is 0.736. The Balaban J connectivity index is 2.49. The van der Waals surface area contributed by atoms with Gasteiger partial charge in [-0.05, 0) is 36.8 Å². The average molecular weight is 223 g/mol. The van der Waals surface area contributed by atoms with Gasteiger partial charge < -0.3 is 4.98 Å². The molecule has 3 heteroatoms. The first-order valence-corrected chi connectivity index (χ1v) is 5.31. The SMILES string of the molecule is C#C/C=C\C(=N/C)c1nc2cc(C)ccc2[nH]1. The maximum atomic E-state index is 5.18. The summed E-state index contributed by atoms with van der Waals surface area (Å²) in [7, 11) is 1.72. The molecule has 0 amide bonds. The topological polar surface area (TPSA) is 41.0 Å². The van der Waals surface area contributed by atoms with Gasteiger partial charge in [-0.15, -0.1) is 6.42 Å². The number of rotatable bonds is 2. The molecule has 0 fully saturated rings. The van der Waals surface area contributed by atoms with E-state index in [-0.39, 0.29) is 0 Å². The number of fused-ring (bicyclic) bond motifs is 1. The molecule has 0 atom stereocenters. The number of aromatic amines is 1. The molecule has 0 bridgehead atoms. The third-order valence-electron chi connectivity index (χ3n) is 2.46. The van der Waals surface area contributed by atoms with Crippen LogP contribution in [-0.2, 0) is 0 Å². The highest BCUT2D eigenvalue weighted by molar-refractivity contribution is 6.07. The molecule has 0 saturated carbocycles. The van der Waals surface area contributed by atoms with E-state index in [0.717, 1.165) is 22.6 Å². The third-order valence-corrected chi connectivity index (χ3v) is 2.46. The molecule has 2 aromatic rings. The summed E-state index contributed by atoms with van der Waals surface area (Å²) in [4.78, 5) is 11.9. The molecule has 0 unspecified atom stereocenters. The Morgan fingerprint density at radius 2 is 2.35 bits per heavy atom. The minimum absolute atomic E-state index is 0.736. The zero-order valence-corrected chi connectivity index (χ0v) is 9.86. The molecular weight excluding hydrogens is 210 g/mol. The van der Waals surface area contributed by atoms with Crippen LogP contribution in [0.1, 0.15) is 11.4 Å². The Hall–Kier alpha value is -2.34. The number of H-pyrrole nitrogens is 1. The molecule has 0 saturated heterocycles. The predicted molar refractivity (Wildman–Crippen MR) is 71.3 cm³/mol. The van der Waals surface area contributed by atoms with Crippen LogP contribution in [0.4, 0.5) is 0 Å². The Labute approximate surface area is 100 Å². The van der Waals surface area contributed by atoms with Crippen molar-refractivity contribution in [3.05, 3.63) is 41.7 Å². The normalized spacial score (nSPS) is 12.2. The lowest BCUT2D eigenvalue weighted by Gasteiger charge is -1.92. The molecule has 3 nitrogen and oxygen atoms in total. The molecule has 2 rings (SSSR count). The fourth-order valence-corrected chi connectivity index (χ4v) is 1.62. The van der Waals surface area contributed by atoms with Crippen molar-refractivity contribution in [2.24, 2.45) is 4.99 Å². The average Bonchev–Trinajstić information content (AvgIpc) is 2.72. The minimum Gasteiger partial charge on any atom is -0.337 e. The standard InChI is InChI=1S/C14H13N3/c1-4-5-6-12(15-3)14-16-11-8-7-10(2)9-13(11)17-14/h1,5-9H,2-3H3,(H,16,17)/b6-5-,15-12+. The molecule has 84 valence electrons. The number of hydrogen-bond acceptors (Lipinski definition) is 2. The molecule has 0 aliphatic rings. The van der Waals surface area contributed by atoms with Crippen molar-refractivity contribution >= 4 is 16.7 Å². The summed E-state index contributed by atoms with van der Waals surface area (Å²) in [6, 6.07) is 6.09. The van der Waals surface area contributed by atoms with E-state index < -0.39 is 0 Å². The van der Waals surface area contributed by atoms with E-state index in [2.05, 4.69) is 20.9 Å². The highest BCUT2D eigenvalue weighted by Gasteiger charge is 2.06. The van der Waals surface area contributed by atoms with E-state index in [0.29, 0.717) is 0 Å². The van der Waals surface area contributed by atoms with Gasteiger partial charge in [0.15, 0.2) is 5.82 Å². The molecule has 1 aromatic carbocycles. The van der Waals surface area contributed by atoms with Crippen LogP contribution >= 0.6 is 0 Å². The zero-order chi connectivity index (χ0) is 12.3. The molecule has 1 N–H and O–H groups in total. The fourth-order valence-electron chi connectivity index (χ4n) is 1.62. The van der Waals surface area contributed by atoms with Gasteiger partial charge >= 0.3 is 0 Å². The van der Waals surface area contributed by atoms with Gasteiger partial charge in [-0.3, -0.25) is 4.99 Å². The predicted octanol–water partition coefficient (Wildman–Crippen LogP) is 2.48. The fraction of sp³-hybridized carbons (Fsp3) is 0.143. The van der Waals surface area contributed by atoms with Crippen molar-refractivity contribution in [3.8, 4) is 12.3 Å². The highest BCUT2D eigenvalue weighted by Crippen LogP contribution is 2.13. The summed E-state index contributed by atoms with van der Waals surface area (Å²) in [6.07, 6.45) is 8.56. The van der Waals surface area contributed by atoms with Crippen LogP contribution in [0.2, 0.25) is 0 Å². The summed E-state index contributed by atoms with van der Waals surface area (Å²) in [5.41, 5.74) is 3.87. The number of hydrogen-bond donors (Lipinski definition) is 1. The molecule has 0 aliphatic carbocycles. The molecule has 0 spiro atoms. The smallest absolute Gasteiger partial charge is 0.156 e. The summed E-state index contributed by atoms with van der Waals surface area (Å²) in [6.45, 7) is 2.04. The summed E-state index contributed by atoms with van der Waals surface area (Å²) >= 11 is 0. The summed E-state index contributed by atoms with van der Waals surface area (Å²) in [5.74, 6) is 3.18. The van der Waals surface area contributed by atoms with Gasteiger partial charge in [0, 0.05) is 7.05 Å². The maximum Gasteiger partial charge on any atom is 0.156 e. The Bertz CT molecular complexity index is 639. The Kier molecular flexibility index (Phi) is 3.06. The maximum absolute atomic E-state index is 5.18. The number of allylic oxidation sites excluding steroid dienone is 2. The molecule has 0 radical (unpaired) electrons. The largest absolute Gasteiger partial charge is 0.337 e. The number of nitrogens with zero attached hydrogens (tertiary/aromatic N) is 2. The van der Waals surface area contributed by atoms with Crippen LogP contribution in [0.5, 0.6) is 0 Å². The van der Waals surface area contributed by atoms with Gasteiger partial charge in [0.25, 0.3) is 0 Å². The van der Waals surface area contributed by atoms with Crippen molar-refractivity contribution < 1.29 is 0 Å². The lowest BCUT2D eigenvalue weighted by molar-refractivity contribution is 1.27. The van der Waals surface area contributed by atoms with Crippen molar-refractivity contribution in [3.63, 3.8) is 0 Å². The van der Waals surface area contributed by atoms with Gasteiger partial charge in [0.2, 0.25) is 0 Å². The van der Waals surface area contributed by atoms with Crippen molar-refractivity contribution in [2.75, 3.05) is 7.05 Å². The van der Waals surface area contributed by atoms with Gasteiger partial charge in [0.05, 0.1) is 11.0 Å². The van der Waals surface area contributed by atoms with Gasteiger partial charge in [-0.2, -0.15) is 0 Å². The first-order chi connectivity index (χ1) is 8.24. The van der Waals surface area contributed by atoms with Crippen LogP contribution in [0.3, 0.4) is 0 Å². The van der Waals surface area contributed by atoms with Crippen molar-refractivity contribution in [2.45, 2.75) is 6.92 Å². The monoisotopic (exact) mass is 223 g/mol. The molecule has 17 heavy (non-hydrogen) atoms. The van der Waals surface area contributed by atoms with Crippen LogP contribution < -0.4 is 0 Å². The molecular formula is C14H13N3. The molecule has 1 heterocycles. The van der Waals surface area contributed by atoms with Crippen LogP contribution in [-0.4, -0.2) is 22.7 Å². The third kappa shape index (κ3) is 2.26. The van der Waals surface area contributed by atoms with Gasteiger partial charge in [-0.25, -0.2) is 4.98 Å². The second kappa shape index (κ2) is 4.67. The van der Waals surface area contributed by atoms with Crippen LogP contribution in [0.25, 0.3) is 11.0 Å². The number of nitrogens with one attached hydrogen (secondary N) is 1. The van der Waals surface area contributed by atoms with Crippen LogP contribution in [0.15, 0.2) is 35.3 Å². The molecule has 0 aliphatic heterocycles. The van der Waals surface area contributed by atoms with Crippen LogP contribution in [0, 0.1) is 19.3 Å². The van der Waals surface area contributed by atoms with E-state index in [9.17, 15) is 0 Å². The Morgan fingerprint density at radius 1 is 1.53 bits per heavy atom. The number of terminal acetylenes is 1. The van der Waals surface area contributed by atoms with E-state index >= 15 is 0 Å². The number of aromatic nitrogens is 2. The van der Waals surface area contributed by atoms with Gasteiger partial charge in [0.1, 0.15) is 5.71 Å². The summed E-state index contributed by atoms with van der Waals surface area (Å²) in [5, 5.41) is 0. The lowest BCUT2D eigenvalue weighted by atomic mass is 10.2. The number of imidazole rings is 1. The first-order valence-electron chi connectivity index (χ1n) is 5.31. The van der Waals surface area contributed by atoms with Crippen molar-refractivity contribution in [1.82, 2.24) is 9.97 Å². The lowest BCUT2D eigenvalue weighted by Crippen LogP contribution is -1.98. The van der Waals surface area contributed by atoms with E-state index in [1.54, 1.807) is 19.2 Å². The Morgan fingerprint density at radius 3 is 3.06 bits per heavy atom. The number of aryl methyl sites for hydroxylation is 1. The van der Waals surface area contributed by atoms with E-state index in [1.165, 1.54) is 5.56 Å². The van der Waals surface area contributed by atoms with Gasteiger partial charge in [-0.1, -0.05) is 12.0 Å². The molecule has 1 aromatic heterocycles. The van der Waals surface area contributed by atoms with Crippen molar-refractivity contribution in [1.29, 1.82) is 0 Å². The highest BCUT2D eigenvalue weighted by atomic mass is 14.9. The quantitative estimate of drug-likeness (QED) is 0.616. The summed E-state index contributed by atoms with van der Waals surface area (Å²) < 4.78 is 0. The first kappa shape index (κ1) is 11.2. The number of aliphatic imine (C=N–C) groups is 1. The number of benzene rings is 1. The zero-order valence-electron chi connectivity index (χ0n) is 9.86. The van der Waals surface area contributed by atoms with E-state index in [4.69, 9.17) is 6.42 Å². The van der Waals surface area contributed by atoms with E-state index in [1.807, 2.05) is 25.1 Å².